The molecule has 0 spiro atoms. The molecule has 0 saturated heterocycles. The van der Waals surface area contributed by atoms with Crippen LogP contribution in [0.25, 0.3) is 5.65 Å². The van der Waals surface area contributed by atoms with Crippen molar-refractivity contribution in [2.75, 3.05) is 0 Å². The van der Waals surface area contributed by atoms with Gasteiger partial charge in [0.15, 0.2) is 4.34 Å². The SMILES string of the molecule is Cc1nnc(Sc2nc3ccccn3c2CNC(C)C)s1. The molecule has 0 radical (unpaired) electrons. The smallest absolute Gasteiger partial charge is 0.180 e. The summed E-state index contributed by atoms with van der Waals surface area (Å²) >= 11 is 3.18. The molecular weight excluding hydrogens is 302 g/mol. The number of aromatic nitrogens is 4. The summed E-state index contributed by atoms with van der Waals surface area (Å²) in [5.41, 5.74) is 2.12. The van der Waals surface area contributed by atoms with Crippen molar-refractivity contribution >= 4 is 28.7 Å². The van der Waals surface area contributed by atoms with Gasteiger partial charge in [0.1, 0.15) is 15.7 Å². The summed E-state index contributed by atoms with van der Waals surface area (Å²) in [6.45, 7) is 7.03. The van der Waals surface area contributed by atoms with Crippen LogP contribution in [0, 0.1) is 6.92 Å². The number of pyridine rings is 1. The van der Waals surface area contributed by atoms with Gasteiger partial charge in [0, 0.05) is 18.8 Å². The van der Waals surface area contributed by atoms with Gasteiger partial charge in [-0.15, -0.1) is 10.2 Å². The van der Waals surface area contributed by atoms with Crippen molar-refractivity contribution in [2.45, 2.75) is 42.7 Å². The fourth-order valence-corrected chi connectivity index (χ4v) is 3.83. The Morgan fingerprint density at radius 3 is 2.90 bits per heavy atom. The molecule has 0 fully saturated rings. The Bertz CT molecular complexity index is 747. The fraction of sp³-hybridized carbons (Fsp3) is 0.357. The molecule has 0 amide bonds. The van der Waals surface area contributed by atoms with Crippen molar-refractivity contribution in [3.8, 4) is 0 Å². The standard InChI is InChI=1S/C14H17N5S2/c1-9(2)15-8-11-13(21-14-18-17-10(3)20-14)16-12-6-4-5-7-19(11)12/h4-7,9,15H,8H2,1-3H3. The first-order chi connectivity index (χ1) is 10.1. The van der Waals surface area contributed by atoms with Gasteiger partial charge in [-0.3, -0.25) is 0 Å². The number of nitrogens with zero attached hydrogens (tertiary/aromatic N) is 4. The molecule has 0 bridgehead atoms. The monoisotopic (exact) mass is 319 g/mol. The molecule has 0 aromatic carbocycles. The van der Waals surface area contributed by atoms with Gasteiger partial charge in [0.05, 0.1) is 5.69 Å². The average molecular weight is 319 g/mol. The Morgan fingerprint density at radius 2 is 2.19 bits per heavy atom. The molecule has 110 valence electrons. The van der Waals surface area contributed by atoms with E-state index in [9.17, 15) is 0 Å². The van der Waals surface area contributed by atoms with Gasteiger partial charge in [0.2, 0.25) is 0 Å². The lowest BCUT2D eigenvalue weighted by Crippen LogP contribution is -2.22. The van der Waals surface area contributed by atoms with Gasteiger partial charge < -0.3 is 9.72 Å². The van der Waals surface area contributed by atoms with Crippen LogP contribution in [-0.4, -0.2) is 25.6 Å². The zero-order chi connectivity index (χ0) is 14.8. The minimum atomic E-state index is 0.431. The summed E-state index contributed by atoms with van der Waals surface area (Å²) < 4.78 is 3.06. The summed E-state index contributed by atoms with van der Waals surface area (Å²) in [4.78, 5) is 4.72. The van der Waals surface area contributed by atoms with E-state index in [1.165, 1.54) is 0 Å². The number of hydrogen-bond donors (Lipinski definition) is 1. The largest absolute Gasteiger partial charge is 0.309 e. The van der Waals surface area contributed by atoms with Crippen molar-refractivity contribution in [1.29, 1.82) is 0 Å². The number of fused-ring (bicyclic) bond motifs is 1. The first kappa shape index (κ1) is 14.5. The van der Waals surface area contributed by atoms with Crippen LogP contribution in [0.4, 0.5) is 0 Å². The highest BCUT2D eigenvalue weighted by molar-refractivity contribution is 8.01. The van der Waals surface area contributed by atoms with E-state index >= 15 is 0 Å². The molecule has 0 atom stereocenters. The maximum atomic E-state index is 4.72. The Balaban J connectivity index is 1.97. The Kier molecular flexibility index (Phi) is 4.23. The van der Waals surface area contributed by atoms with E-state index in [1.54, 1.807) is 23.1 Å². The molecule has 0 saturated carbocycles. The lowest BCUT2D eigenvalue weighted by molar-refractivity contribution is 0.574. The molecule has 0 aliphatic rings. The lowest BCUT2D eigenvalue weighted by Gasteiger charge is -2.09. The van der Waals surface area contributed by atoms with E-state index < -0.39 is 0 Å². The van der Waals surface area contributed by atoms with Crippen molar-refractivity contribution in [2.24, 2.45) is 0 Å². The van der Waals surface area contributed by atoms with E-state index in [-0.39, 0.29) is 0 Å². The predicted molar refractivity (Wildman–Crippen MR) is 85.9 cm³/mol. The zero-order valence-electron chi connectivity index (χ0n) is 12.2. The quantitative estimate of drug-likeness (QED) is 0.783. The van der Waals surface area contributed by atoms with Crippen LogP contribution >= 0.6 is 23.1 Å². The fourth-order valence-electron chi connectivity index (χ4n) is 1.97. The molecule has 5 nitrogen and oxygen atoms in total. The van der Waals surface area contributed by atoms with Crippen molar-refractivity contribution in [1.82, 2.24) is 24.9 Å². The van der Waals surface area contributed by atoms with Crippen LogP contribution in [0.1, 0.15) is 24.5 Å². The number of rotatable bonds is 5. The summed E-state index contributed by atoms with van der Waals surface area (Å²) in [5, 5.41) is 13.7. The third-order valence-electron chi connectivity index (χ3n) is 2.96. The number of aryl methyl sites for hydroxylation is 1. The molecule has 3 rings (SSSR count). The third kappa shape index (κ3) is 3.25. The van der Waals surface area contributed by atoms with Gasteiger partial charge in [0.25, 0.3) is 0 Å². The summed E-state index contributed by atoms with van der Waals surface area (Å²) in [6, 6.07) is 6.48. The van der Waals surface area contributed by atoms with Crippen LogP contribution < -0.4 is 5.32 Å². The van der Waals surface area contributed by atoms with Crippen LogP contribution in [-0.2, 0) is 6.54 Å². The molecule has 3 heterocycles. The van der Waals surface area contributed by atoms with Gasteiger partial charge in [-0.05, 0) is 30.8 Å². The molecule has 3 aromatic heterocycles. The summed E-state index contributed by atoms with van der Waals surface area (Å²) in [7, 11) is 0. The van der Waals surface area contributed by atoms with Crippen LogP contribution in [0.3, 0.4) is 0 Å². The second kappa shape index (κ2) is 6.13. The van der Waals surface area contributed by atoms with Crippen molar-refractivity contribution < 1.29 is 0 Å². The van der Waals surface area contributed by atoms with Crippen LogP contribution in [0.15, 0.2) is 33.8 Å². The first-order valence-corrected chi connectivity index (χ1v) is 8.44. The van der Waals surface area contributed by atoms with E-state index in [4.69, 9.17) is 4.98 Å². The van der Waals surface area contributed by atoms with Gasteiger partial charge >= 0.3 is 0 Å². The van der Waals surface area contributed by atoms with Crippen molar-refractivity contribution in [3.05, 3.63) is 35.1 Å². The molecule has 0 unspecified atom stereocenters. The van der Waals surface area contributed by atoms with Crippen molar-refractivity contribution in [3.63, 3.8) is 0 Å². The summed E-state index contributed by atoms with van der Waals surface area (Å²) in [6.07, 6.45) is 2.05. The van der Waals surface area contributed by atoms with Gasteiger partial charge in [-0.2, -0.15) is 0 Å². The highest BCUT2D eigenvalue weighted by Gasteiger charge is 2.15. The van der Waals surface area contributed by atoms with Gasteiger partial charge in [-0.25, -0.2) is 4.98 Å². The highest BCUT2D eigenvalue weighted by atomic mass is 32.2. The predicted octanol–water partition coefficient (Wildman–Crippen LogP) is 3.14. The van der Waals surface area contributed by atoms with Crippen LogP contribution in [0.2, 0.25) is 0 Å². The minimum Gasteiger partial charge on any atom is -0.309 e. The molecule has 0 aliphatic heterocycles. The van der Waals surface area contributed by atoms with E-state index in [2.05, 4.69) is 40.0 Å². The first-order valence-electron chi connectivity index (χ1n) is 6.81. The lowest BCUT2D eigenvalue weighted by atomic mass is 10.3. The number of hydrogen-bond acceptors (Lipinski definition) is 6. The van der Waals surface area contributed by atoms with Gasteiger partial charge in [-0.1, -0.05) is 31.3 Å². The maximum Gasteiger partial charge on any atom is 0.180 e. The van der Waals surface area contributed by atoms with Crippen LogP contribution in [0.5, 0.6) is 0 Å². The molecule has 7 heteroatoms. The van der Waals surface area contributed by atoms with E-state index in [0.29, 0.717) is 6.04 Å². The topological polar surface area (TPSA) is 55.1 Å². The zero-order valence-corrected chi connectivity index (χ0v) is 13.8. The Morgan fingerprint density at radius 1 is 1.33 bits per heavy atom. The summed E-state index contributed by atoms with van der Waals surface area (Å²) in [5.74, 6) is 0. The Labute approximate surface area is 131 Å². The normalized spacial score (nSPS) is 11.6. The maximum absolute atomic E-state index is 4.72. The molecule has 3 aromatic rings. The van der Waals surface area contributed by atoms with E-state index in [1.807, 2.05) is 25.1 Å². The third-order valence-corrected chi connectivity index (χ3v) is 4.87. The molecule has 21 heavy (non-hydrogen) atoms. The number of nitrogens with one attached hydrogen (secondary N) is 1. The number of imidazole rings is 1. The average Bonchev–Trinajstić information content (AvgIpc) is 3.00. The minimum absolute atomic E-state index is 0.431. The molecular formula is C14H17N5S2. The molecule has 0 aliphatic carbocycles. The molecule has 1 N–H and O–H groups in total. The Hall–Kier alpha value is -1.44. The van der Waals surface area contributed by atoms with E-state index in [0.717, 1.165) is 32.3 Å². The highest BCUT2D eigenvalue weighted by Crippen LogP contribution is 2.32. The second-order valence-electron chi connectivity index (χ2n) is 5.02. The second-order valence-corrected chi connectivity index (χ2v) is 7.43.